The third-order valence-electron chi connectivity index (χ3n) is 4.39. The van der Waals surface area contributed by atoms with Crippen molar-refractivity contribution in [2.75, 3.05) is 13.1 Å². The van der Waals surface area contributed by atoms with Crippen LogP contribution < -0.4 is 0 Å². The molecule has 0 N–H and O–H groups in total. The van der Waals surface area contributed by atoms with Crippen molar-refractivity contribution in [1.29, 1.82) is 0 Å². The number of carbonyl (C=O) groups excluding carboxylic acids is 1. The number of para-hydroxylation sites is 1. The van der Waals surface area contributed by atoms with Crippen LogP contribution in [0.5, 0.6) is 0 Å². The summed E-state index contributed by atoms with van der Waals surface area (Å²) in [5, 5.41) is 4.51. The molecule has 1 aliphatic heterocycles. The lowest BCUT2D eigenvalue weighted by atomic mass is 10.1. The van der Waals surface area contributed by atoms with Crippen molar-refractivity contribution in [1.82, 2.24) is 14.7 Å². The van der Waals surface area contributed by atoms with Gasteiger partial charge in [-0.05, 0) is 37.8 Å². The van der Waals surface area contributed by atoms with Crippen molar-refractivity contribution in [3.63, 3.8) is 0 Å². The highest BCUT2D eigenvalue weighted by molar-refractivity contribution is 5.95. The first kappa shape index (κ1) is 12.6. The van der Waals surface area contributed by atoms with Crippen LogP contribution in [0.2, 0.25) is 0 Å². The lowest BCUT2D eigenvalue weighted by Crippen LogP contribution is -2.28. The molecular weight excluding hydrogens is 262 g/mol. The van der Waals surface area contributed by atoms with Crippen molar-refractivity contribution in [3.8, 4) is 5.69 Å². The molecule has 1 amide bonds. The third-order valence-corrected chi connectivity index (χ3v) is 4.39. The first-order chi connectivity index (χ1) is 10.3. The van der Waals surface area contributed by atoms with Crippen LogP contribution in [-0.4, -0.2) is 33.7 Å². The predicted molar refractivity (Wildman–Crippen MR) is 80.7 cm³/mol. The molecule has 108 valence electrons. The van der Waals surface area contributed by atoms with E-state index in [1.54, 1.807) is 6.20 Å². The number of hydrogen-bond acceptors (Lipinski definition) is 2. The van der Waals surface area contributed by atoms with Crippen LogP contribution in [0.3, 0.4) is 0 Å². The van der Waals surface area contributed by atoms with Gasteiger partial charge in [-0.15, -0.1) is 0 Å². The molecule has 4 nitrogen and oxygen atoms in total. The molecule has 2 fully saturated rings. The minimum atomic E-state index is 0.164. The fourth-order valence-corrected chi connectivity index (χ4v) is 3.14. The smallest absolute Gasteiger partial charge is 0.257 e. The van der Waals surface area contributed by atoms with Crippen LogP contribution in [0.15, 0.2) is 36.5 Å². The monoisotopic (exact) mass is 281 g/mol. The van der Waals surface area contributed by atoms with Gasteiger partial charge in [0.2, 0.25) is 0 Å². The second-order valence-corrected chi connectivity index (χ2v) is 5.96. The van der Waals surface area contributed by atoms with Gasteiger partial charge in [0, 0.05) is 19.0 Å². The van der Waals surface area contributed by atoms with Crippen LogP contribution in [0, 0.1) is 0 Å². The highest BCUT2D eigenvalue weighted by Gasteiger charge is 2.34. The van der Waals surface area contributed by atoms with Crippen molar-refractivity contribution < 1.29 is 4.79 Å². The Bertz CT molecular complexity index is 652. The molecule has 2 heterocycles. The van der Waals surface area contributed by atoms with Crippen LogP contribution in [-0.2, 0) is 0 Å². The van der Waals surface area contributed by atoms with Crippen molar-refractivity contribution in [3.05, 3.63) is 47.8 Å². The minimum Gasteiger partial charge on any atom is -0.339 e. The van der Waals surface area contributed by atoms with E-state index in [-0.39, 0.29) is 5.91 Å². The Kier molecular flexibility index (Phi) is 3.02. The zero-order valence-electron chi connectivity index (χ0n) is 12.0. The van der Waals surface area contributed by atoms with Gasteiger partial charge in [0.25, 0.3) is 5.91 Å². The fraction of sp³-hybridized carbons (Fsp3) is 0.412. The van der Waals surface area contributed by atoms with Gasteiger partial charge in [0.1, 0.15) is 0 Å². The SMILES string of the molecule is O=C(c1cnn(-c2ccccc2)c1C1CC1)N1CCCC1. The van der Waals surface area contributed by atoms with Crippen LogP contribution >= 0.6 is 0 Å². The Morgan fingerprint density at radius 2 is 1.81 bits per heavy atom. The van der Waals surface area contributed by atoms with E-state index >= 15 is 0 Å². The predicted octanol–water partition coefficient (Wildman–Crippen LogP) is 2.99. The minimum absolute atomic E-state index is 0.164. The van der Waals surface area contributed by atoms with E-state index in [4.69, 9.17) is 0 Å². The van der Waals surface area contributed by atoms with Gasteiger partial charge in [-0.2, -0.15) is 5.10 Å². The lowest BCUT2D eigenvalue weighted by Gasteiger charge is -2.16. The molecule has 2 aromatic rings. The second kappa shape index (κ2) is 5.02. The van der Waals surface area contributed by atoms with Crippen molar-refractivity contribution in [2.24, 2.45) is 0 Å². The molecule has 1 aliphatic carbocycles. The molecule has 0 bridgehead atoms. The largest absolute Gasteiger partial charge is 0.339 e. The molecule has 1 saturated heterocycles. The molecule has 4 rings (SSSR count). The number of likely N-dealkylation sites (tertiary alicyclic amines) is 1. The zero-order chi connectivity index (χ0) is 14.2. The quantitative estimate of drug-likeness (QED) is 0.867. The summed E-state index contributed by atoms with van der Waals surface area (Å²) in [5.41, 5.74) is 2.96. The number of carbonyl (C=O) groups is 1. The number of hydrogen-bond donors (Lipinski definition) is 0. The molecule has 1 saturated carbocycles. The Morgan fingerprint density at radius 1 is 1.10 bits per heavy atom. The zero-order valence-corrected chi connectivity index (χ0v) is 12.0. The normalized spacial score (nSPS) is 18.2. The summed E-state index contributed by atoms with van der Waals surface area (Å²) in [4.78, 5) is 14.7. The molecule has 1 aromatic carbocycles. The van der Waals surface area contributed by atoms with E-state index in [9.17, 15) is 4.79 Å². The Labute approximate surface area is 124 Å². The van der Waals surface area contributed by atoms with Gasteiger partial charge in [-0.1, -0.05) is 18.2 Å². The molecule has 21 heavy (non-hydrogen) atoms. The van der Waals surface area contributed by atoms with Gasteiger partial charge in [0.05, 0.1) is 23.1 Å². The number of amides is 1. The Balaban J connectivity index is 1.75. The standard InChI is InChI=1S/C17H19N3O/c21-17(19-10-4-5-11-19)15-12-18-20(16(15)13-8-9-13)14-6-2-1-3-7-14/h1-3,6-7,12-13H,4-5,8-11H2. The molecule has 0 spiro atoms. The van der Waals surface area contributed by atoms with E-state index in [1.807, 2.05) is 39.9 Å². The Morgan fingerprint density at radius 3 is 2.48 bits per heavy atom. The molecule has 0 radical (unpaired) electrons. The summed E-state index contributed by atoms with van der Waals surface area (Å²) < 4.78 is 1.96. The molecule has 1 aromatic heterocycles. The van der Waals surface area contributed by atoms with Gasteiger partial charge < -0.3 is 4.90 Å². The summed E-state index contributed by atoms with van der Waals surface area (Å²) in [7, 11) is 0. The van der Waals surface area contributed by atoms with Gasteiger partial charge >= 0.3 is 0 Å². The van der Waals surface area contributed by atoms with E-state index in [0.29, 0.717) is 5.92 Å². The van der Waals surface area contributed by atoms with E-state index in [2.05, 4.69) is 5.10 Å². The van der Waals surface area contributed by atoms with Crippen molar-refractivity contribution >= 4 is 5.91 Å². The number of nitrogens with zero attached hydrogens (tertiary/aromatic N) is 3. The van der Waals surface area contributed by atoms with E-state index < -0.39 is 0 Å². The highest BCUT2D eigenvalue weighted by Crippen LogP contribution is 2.42. The van der Waals surface area contributed by atoms with Crippen molar-refractivity contribution in [2.45, 2.75) is 31.6 Å². The summed E-state index contributed by atoms with van der Waals surface area (Å²) >= 11 is 0. The molecule has 4 heteroatoms. The summed E-state index contributed by atoms with van der Waals surface area (Å²) in [6, 6.07) is 10.1. The first-order valence-corrected chi connectivity index (χ1v) is 7.77. The van der Waals surface area contributed by atoms with Gasteiger partial charge in [-0.25, -0.2) is 4.68 Å². The van der Waals surface area contributed by atoms with Crippen LogP contribution in [0.1, 0.15) is 47.7 Å². The maximum Gasteiger partial charge on any atom is 0.257 e. The highest BCUT2D eigenvalue weighted by atomic mass is 16.2. The summed E-state index contributed by atoms with van der Waals surface area (Å²) in [6.07, 6.45) is 6.34. The Hall–Kier alpha value is -2.10. The van der Waals surface area contributed by atoms with Crippen LogP contribution in [0.25, 0.3) is 5.69 Å². The molecule has 0 atom stereocenters. The van der Waals surface area contributed by atoms with Crippen LogP contribution in [0.4, 0.5) is 0 Å². The maximum atomic E-state index is 12.7. The number of aromatic nitrogens is 2. The van der Waals surface area contributed by atoms with E-state index in [1.165, 1.54) is 12.8 Å². The molecule has 0 unspecified atom stereocenters. The topological polar surface area (TPSA) is 38.1 Å². The average Bonchev–Trinajstić information content (AvgIpc) is 3.06. The first-order valence-electron chi connectivity index (χ1n) is 7.77. The average molecular weight is 281 g/mol. The fourth-order valence-electron chi connectivity index (χ4n) is 3.14. The summed E-state index contributed by atoms with van der Waals surface area (Å²) in [6.45, 7) is 1.78. The van der Waals surface area contributed by atoms with E-state index in [0.717, 1.165) is 42.9 Å². The number of rotatable bonds is 3. The van der Waals surface area contributed by atoms with Gasteiger partial charge in [-0.3, -0.25) is 4.79 Å². The molecular formula is C17H19N3O. The second-order valence-electron chi connectivity index (χ2n) is 5.96. The maximum absolute atomic E-state index is 12.7. The molecule has 2 aliphatic rings. The third kappa shape index (κ3) is 2.24. The lowest BCUT2D eigenvalue weighted by molar-refractivity contribution is 0.0791. The number of benzene rings is 1. The van der Waals surface area contributed by atoms with Gasteiger partial charge in [0.15, 0.2) is 0 Å². The summed E-state index contributed by atoms with van der Waals surface area (Å²) in [5.74, 6) is 0.658.